The van der Waals surface area contributed by atoms with Gasteiger partial charge in [-0.25, -0.2) is 0 Å². The first-order valence-electron chi connectivity index (χ1n) is 6.26. The fourth-order valence-electron chi connectivity index (χ4n) is 2.29. The van der Waals surface area contributed by atoms with Gasteiger partial charge in [-0.1, -0.05) is 54.2 Å². The molecule has 3 nitrogen and oxygen atoms in total. The zero-order chi connectivity index (χ0) is 13.2. The molecular weight excluding hydrogens is 292 g/mol. The Morgan fingerprint density at radius 2 is 1.75 bits per heavy atom. The average Bonchev–Trinajstić information content (AvgIpc) is 2.76. The quantitative estimate of drug-likeness (QED) is 0.915. The summed E-state index contributed by atoms with van der Waals surface area (Å²) in [5.74, 6) is 0. The number of para-hydroxylation sites is 1. The molecule has 0 aromatic heterocycles. The van der Waals surface area contributed by atoms with E-state index in [4.69, 9.17) is 5.73 Å². The van der Waals surface area contributed by atoms with E-state index in [1.807, 2.05) is 48.5 Å². The SMILES string of the molecule is Cl.NC1Sc2ccccc2N1CC(O)c1ccccc1. The lowest BCUT2D eigenvalue weighted by Crippen LogP contribution is -2.39. The van der Waals surface area contributed by atoms with E-state index >= 15 is 0 Å². The van der Waals surface area contributed by atoms with Crippen LogP contribution in [-0.2, 0) is 0 Å². The molecule has 0 aliphatic carbocycles. The van der Waals surface area contributed by atoms with Crippen LogP contribution in [0.1, 0.15) is 11.7 Å². The summed E-state index contributed by atoms with van der Waals surface area (Å²) in [7, 11) is 0. The second-order valence-electron chi connectivity index (χ2n) is 4.55. The molecule has 2 unspecified atom stereocenters. The molecule has 3 N–H and O–H groups in total. The van der Waals surface area contributed by atoms with Crippen LogP contribution in [-0.4, -0.2) is 17.1 Å². The van der Waals surface area contributed by atoms with Crippen LogP contribution in [0.3, 0.4) is 0 Å². The highest BCUT2D eigenvalue weighted by molar-refractivity contribution is 8.00. The molecule has 0 fully saturated rings. The number of thioether (sulfide) groups is 1. The molecule has 2 aromatic rings. The first kappa shape index (κ1) is 15.2. The van der Waals surface area contributed by atoms with Gasteiger partial charge in [-0.2, -0.15) is 0 Å². The van der Waals surface area contributed by atoms with E-state index in [9.17, 15) is 5.11 Å². The first-order valence-corrected chi connectivity index (χ1v) is 7.14. The number of aliphatic hydroxyl groups is 1. The number of nitrogens with two attached hydrogens (primary N) is 1. The molecule has 0 bridgehead atoms. The topological polar surface area (TPSA) is 49.5 Å². The van der Waals surface area contributed by atoms with Gasteiger partial charge in [0.25, 0.3) is 0 Å². The maximum absolute atomic E-state index is 10.3. The first-order chi connectivity index (χ1) is 9.25. The Bertz CT molecular complexity index is 567. The van der Waals surface area contributed by atoms with Gasteiger partial charge >= 0.3 is 0 Å². The van der Waals surface area contributed by atoms with Gasteiger partial charge in [0.2, 0.25) is 0 Å². The van der Waals surface area contributed by atoms with Crippen molar-refractivity contribution in [2.24, 2.45) is 5.73 Å². The maximum Gasteiger partial charge on any atom is 0.130 e. The molecule has 5 heteroatoms. The third kappa shape index (κ3) is 2.94. The van der Waals surface area contributed by atoms with Crippen LogP contribution in [0, 0.1) is 0 Å². The molecule has 1 heterocycles. The number of fused-ring (bicyclic) bond motifs is 1. The molecule has 2 aromatic carbocycles. The summed E-state index contributed by atoms with van der Waals surface area (Å²) in [4.78, 5) is 3.23. The second kappa shape index (κ2) is 6.50. The van der Waals surface area contributed by atoms with E-state index in [1.54, 1.807) is 11.8 Å². The fraction of sp³-hybridized carbons (Fsp3) is 0.200. The van der Waals surface area contributed by atoms with Gasteiger partial charge in [0, 0.05) is 4.90 Å². The molecule has 0 amide bonds. The number of benzene rings is 2. The van der Waals surface area contributed by atoms with Crippen molar-refractivity contribution >= 4 is 29.9 Å². The highest BCUT2D eigenvalue weighted by atomic mass is 35.5. The van der Waals surface area contributed by atoms with E-state index in [0.717, 1.165) is 11.3 Å². The van der Waals surface area contributed by atoms with Crippen LogP contribution in [0.25, 0.3) is 0 Å². The summed E-state index contributed by atoms with van der Waals surface area (Å²) in [5, 5.41) is 10.3. The number of nitrogens with zero attached hydrogens (tertiary/aromatic N) is 1. The second-order valence-corrected chi connectivity index (χ2v) is 5.71. The smallest absolute Gasteiger partial charge is 0.130 e. The van der Waals surface area contributed by atoms with Gasteiger partial charge in [-0.15, -0.1) is 12.4 Å². The lowest BCUT2D eigenvalue weighted by atomic mass is 10.1. The van der Waals surface area contributed by atoms with Gasteiger partial charge in [-0.05, 0) is 17.7 Å². The van der Waals surface area contributed by atoms with Gasteiger partial charge in [0.1, 0.15) is 5.50 Å². The molecular formula is C15H17ClN2OS. The molecule has 106 valence electrons. The van der Waals surface area contributed by atoms with E-state index in [0.29, 0.717) is 6.54 Å². The molecule has 1 aliphatic heterocycles. The maximum atomic E-state index is 10.3. The number of hydrogen-bond donors (Lipinski definition) is 2. The molecule has 0 spiro atoms. The lowest BCUT2D eigenvalue weighted by Gasteiger charge is -2.26. The highest BCUT2D eigenvalue weighted by Gasteiger charge is 2.28. The summed E-state index contributed by atoms with van der Waals surface area (Å²) >= 11 is 1.63. The Morgan fingerprint density at radius 3 is 2.50 bits per heavy atom. The summed E-state index contributed by atoms with van der Waals surface area (Å²) in [6, 6.07) is 17.8. The van der Waals surface area contributed by atoms with Crippen molar-refractivity contribution in [3.8, 4) is 0 Å². The predicted octanol–water partition coefficient (Wildman–Crippen LogP) is 3.00. The van der Waals surface area contributed by atoms with Crippen molar-refractivity contribution in [1.29, 1.82) is 0 Å². The monoisotopic (exact) mass is 308 g/mol. The molecule has 1 aliphatic rings. The van der Waals surface area contributed by atoms with Crippen molar-refractivity contribution in [1.82, 2.24) is 0 Å². The highest BCUT2D eigenvalue weighted by Crippen LogP contribution is 2.41. The van der Waals surface area contributed by atoms with Crippen molar-refractivity contribution < 1.29 is 5.11 Å². The lowest BCUT2D eigenvalue weighted by molar-refractivity contribution is 0.183. The Balaban J connectivity index is 0.00000147. The van der Waals surface area contributed by atoms with Crippen LogP contribution in [0.5, 0.6) is 0 Å². The molecule has 2 atom stereocenters. The predicted molar refractivity (Wildman–Crippen MR) is 86.3 cm³/mol. The van der Waals surface area contributed by atoms with Crippen molar-refractivity contribution in [3.05, 3.63) is 60.2 Å². The van der Waals surface area contributed by atoms with Crippen molar-refractivity contribution in [2.75, 3.05) is 11.4 Å². The Hall–Kier alpha value is -1.20. The Labute approximate surface area is 129 Å². The van der Waals surface area contributed by atoms with E-state index < -0.39 is 6.10 Å². The normalized spacial score (nSPS) is 18.3. The summed E-state index contributed by atoms with van der Waals surface area (Å²) < 4.78 is 0. The number of hydrogen-bond acceptors (Lipinski definition) is 4. The summed E-state index contributed by atoms with van der Waals surface area (Å²) in [6.45, 7) is 0.509. The number of β-amino-alcohol motifs (C(OH)–C–C–N with tert-alkyl or cyclic N) is 1. The zero-order valence-electron chi connectivity index (χ0n) is 10.8. The van der Waals surface area contributed by atoms with Gasteiger partial charge in [0.15, 0.2) is 0 Å². The third-order valence-corrected chi connectivity index (χ3v) is 4.38. The molecule has 0 radical (unpaired) electrons. The molecule has 3 rings (SSSR count). The van der Waals surface area contributed by atoms with Crippen LogP contribution in [0.2, 0.25) is 0 Å². The minimum absolute atomic E-state index is 0. The van der Waals surface area contributed by atoms with Crippen LogP contribution in [0.4, 0.5) is 5.69 Å². The Kier molecular flexibility index (Phi) is 4.94. The number of anilines is 1. The average molecular weight is 309 g/mol. The summed E-state index contributed by atoms with van der Waals surface area (Å²) in [5.41, 5.74) is 8.03. The largest absolute Gasteiger partial charge is 0.387 e. The van der Waals surface area contributed by atoms with E-state index in [-0.39, 0.29) is 17.9 Å². The van der Waals surface area contributed by atoms with Crippen molar-refractivity contribution in [2.45, 2.75) is 16.5 Å². The zero-order valence-corrected chi connectivity index (χ0v) is 12.5. The number of aliphatic hydroxyl groups excluding tert-OH is 1. The van der Waals surface area contributed by atoms with Crippen LogP contribution < -0.4 is 10.6 Å². The molecule has 20 heavy (non-hydrogen) atoms. The number of rotatable bonds is 3. The molecule has 0 saturated heterocycles. The van der Waals surface area contributed by atoms with E-state index in [2.05, 4.69) is 11.0 Å². The number of halogens is 1. The molecule has 0 saturated carbocycles. The summed E-state index contributed by atoms with van der Waals surface area (Å²) in [6.07, 6.45) is -0.529. The fourth-order valence-corrected chi connectivity index (χ4v) is 3.34. The Morgan fingerprint density at radius 1 is 1.10 bits per heavy atom. The van der Waals surface area contributed by atoms with Crippen LogP contribution >= 0.6 is 24.2 Å². The third-order valence-electron chi connectivity index (χ3n) is 3.28. The van der Waals surface area contributed by atoms with Gasteiger partial charge in [-0.3, -0.25) is 0 Å². The van der Waals surface area contributed by atoms with E-state index in [1.165, 1.54) is 4.90 Å². The minimum atomic E-state index is -0.529. The van der Waals surface area contributed by atoms with Crippen LogP contribution in [0.15, 0.2) is 59.5 Å². The van der Waals surface area contributed by atoms with Crippen molar-refractivity contribution in [3.63, 3.8) is 0 Å². The van der Waals surface area contributed by atoms with Gasteiger partial charge < -0.3 is 15.7 Å². The minimum Gasteiger partial charge on any atom is -0.387 e. The standard InChI is InChI=1S/C15H16N2OS.ClH/c16-15-17(12-8-4-5-9-14(12)19-15)10-13(18)11-6-2-1-3-7-11;/h1-9,13,15,18H,10,16H2;1H. The van der Waals surface area contributed by atoms with Gasteiger partial charge in [0.05, 0.1) is 18.3 Å².